The van der Waals surface area contributed by atoms with E-state index in [1.54, 1.807) is 6.92 Å². The molecule has 0 saturated carbocycles. The summed E-state index contributed by atoms with van der Waals surface area (Å²) < 4.78 is 31.1. The van der Waals surface area contributed by atoms with Crippen LogP contribution >= 0.6 is 7.82 Å². The van der Waals surface area contributed by atoms with Crippen molar-refractivity contribution in [3.8, 4) is 0 Å². The minimum atomic E-state index is -4.79. The van der Waals surface area contributed by atoms with Crippen LogP contribution in [0.1, 0.15) is 95.8 Å². The Kier molecular flexibility index (Phi) is 13.0. The number of fused-ring (bicyclic) bond motifs is 3. The number of carbonyl (C=O) groups is 1. The number of hydrogen-bond donors (Lipinski definition) is 3. The van der Waals surface area contributed by atoms with Gasteiger partial charge in [-0.25, -0.2) is 9.36 Å². The molecule has 2 bridgehead atoms. The second kappa shape index (κ2) is 16.3. The Balaban J connectivity index is 1.18. The fourth-order valence-corrected chi connectivity index (χ4v) is 7.60. The monoisotopic (exact) mass is 658 g/mol. The highest BCUT2D eigenvalue weighted by molar-refractivity contribution is 7.46. The molecule has 0 aliphatic carbocycles. The van der Waals surface area contributed by atoms with Crippen LogP contribution in [0.4, 0.5) is 0 Å². The molecule has 3 atom stereocenters. The van der Waals surface area contributed by atoms with E-state index in [-0.39, 0.29) is 12.8 Å². The number of quaternary nitrogens is 2. The first-order chi connectivity index (χ1) is 21.4. The van der Waals surface area contributed by atoms with Crippen molar-refractivity contribution in [3.63, 3.8) is 0 Å². The van der Waals surface area contributed by atoms with Gasteiger partial charge in [0, 0.05) is 24.6 Å². The van der Waals surface area contributed by atoms with Gasteiger partial charge in [-0.3, -0.25) is 23.7 Å². The van der Waals surface area contributed by atoms with Gasteiger partial charge in [-0.1, -0.05) is 45.4 Å². The molecule has 4 saturated heterocycles. The number of nitrogens with one attached hydrogen (secondary N) is 1. The summed E-state index contributed by atoms with van der Waals surface area (Å²) in [5, 5.41) is 0. The van der Waals surface area contributed by atoms with Gasteiger partial charge in [-0.05, 0) is 32.6 Å². The summed E-state index contributed by atoms with van der Waals surface area (Å²) >= 11 is 0. The van der Waals surface area contributed by atoms with Crippen LogP contribution in [0.15, 0.2) is 15.8 Å². The van der Waals surface area contributed by atoms with E-state index < -0.39 is 50.1 Å². The Hall–Kier alpha value is -1.86. The number of nitrogens with zero attached hydrogens (tertiary/aromatic N) is 3. The summed E-state index contributed by atoms with van der Waals surface area (Å²) in [5.74, 6) is -0.422. The third-order valence-electron chi connectivity index (χ3n) is 10.2. The normalized spacial score (nSPS) is 28.0. The Morgan fingerprint density at radius 1 is 0.956 bits per heavy atom. The lowest BCUT2D eigenvalue weighted by Crippen LogP contribution is -2.75. The molecule has 256 valence electrons. The second-order valence-electron chi connectivity index (χ2n) is 13.6. The molecule has 13 nitrogen and oxygen atoms in total. The second-order valence-corrected chi connectivity index (χ2v) is 14.8. The predicted molar refractivity (Wildman–Crippen MR) is 168 cm³/mol. The van der Waals surface area contributed by atoms with Gasteiger partial charge in [-0.2, -0.15) is 0 Å². The molecule has 1 aromatic heterocycles. The largest absolute Gasteiger partial charge is 0.469 e. The number of piperazine rings is 3. The van der Waals surface area contributed by atoms with Gasteiger partial charge in [0.1, 0.15) is 57.7 Å². The molecule has 4 aliphatic heterocycles. The van der Waals surface area contributed by atoms with Crippen LogP contribution < -0.4 is 11.2 Å². The first kappa shape index (κ1) is 36.0. The summed E-state index contributed by atoms with van der Waals surface area (Å²) in [6.07, 6.45) is 11.4. The molecular weight excluding hydrogens is 603 g/mol. The number of aromatic nitrogens is 2. The average Bonchev–Trinajstić information content (AvgIpc) is 3.40. The van der Waals surface area contributed by atoms with Gasteiger partial charge < -0.3 is 28.2 Å². The van der Waals surface area contributed by atoms with Gasteiger partial charge in [-0.15, -0.1) is 0 Å². The lowest BCUT2D eigenvalue weighted by atomic mass is 10.0. The number of H-pyrrole nitrogens is 1. The smallest absolute Gasteiger partial charge is 0.459 e. The standard InChI is InChI=1S/C31H53N4O9P/c1-3-4-5-6-7-8-9-11-14-34-16-19-35(20-17-34,21-18-34)15-12-10-13-29(36)44-26-22-28(43-27(26)24-42-45(39,40)41)33-23-25(2)30(37)32-31(33)38/h23,26-28H,3-22,24H2,1-2H3,(H-2,32,37,38,39,40,41)/p+2/t26-,27+,28-,34?,35?/m0/s1. The van der Waals surface area contributed by atoms with E-state index in [0.29, 0.717) is 12.0 Å². The van der Waals surface area contributed by atoms with Gasteiger partial charge in [0.25, 0.3) is 5.56 Å². The zero-order chi connectivity index (χ0) is 32.5. The van der Waals surface area contributed by atoms with Crippen LogP contribution in [0, 0.1) is 6.92 Å². The minimum Gasteiger partial charge on any atom is -0.459 e. The maximum atomic E-state index is 12.8. The van der Waals surface area contributed by atoms with E-state index in [4.69, 9.17) is 19.3 Å². The fraction of sp³-hybridized carbons (Fsp3) is 0.839. The molecule has 0 radical (unpaired) electrons. The van der Waals surface area contributed by atoms with Crippen LogP contribution in [0.5, 0.6) is 0 Å². The summed E-state index contributed by atoms with van der Waals surface area (Å²) in [5.41, 5.74) is -0.914. The molecule has 0 unspecified atom stereocenters. The quantitative estimate of drug-likeness (QED) is 0.0880. The summed E-state index contributed by atoms with van der Waals surface area (Å²) in [6.45, 7) is 13.1. The van der Waals surface area contributed by atoms with Crippen molar-refractivity contribution in [2.45, 2.75) is 109 Å². The van der Waals surface area contributed by atoms with Crippen molar-refractivity contribution in [1.29, 1.82) is 0 Å². The lowest BCUT2D eigenvalue weighted by Gasteiger charge is -2.55. The van der Waals surface area contributed by atoms with Crippen molar-refractivity contribution >= 4 is 13.8 Å². The average molecular weight is 659 g/mol. The highest BCUT2D eigenvalue weighted by Crippen LogP contribution is 2.39. The van der Waals surface area contributed by atoms with Gasteiger partial charge in [0.05, 0.1) is 19.7 Å². The third-order valence-corrected chi connectivity index (χ3v) is 10.7. The van der Waals surface area contributed by atoms with Crippen molar-refractivity contribution in [2.24, 2.45) is 0 Å². The molecule has 3 N–H and O–H groups in total. The molecule has 4 fully saturated rings. The van der Waals surface area contributed by atoms with Gasteiger partial charge in [0.15, 0.2) is 0 Å². The topological polar surface area (TPSA) is 157 Å². The van der Waals surface area contributed by atoms with E-state index in [1.165, 1.54) is 112 Å². The van der Waals surface area contributed by atoms with Gasteiger partial charge in [0.2, 0.25) is 0 Å². The SMILES string of the molecule is CCCCCCCCCC[N+]12CC[N+](CCCCC(=O)O[C@H]3C[C@@H](n4cc(C)c(=O)[nH]c4=O)O[C@@H]3COP(=O)(O)O)(CC1)CC2. The summed E-state index contributed by atoms with van der Waals surface area (Å²) in [7, 11) is -4.79. The van der Waals surface area contributed by atoms with Crippen molar-refractivity contribution < 1.29 is 42.1 Å². The molecule has 1 aromatic rings. The molecule has 0 aromatic carbocycles. The van der Waals surface area contributed by atoms with Crippen LogP contribution in [0.3, 0.4) is 0 Å². The Labute approximate surface area is 266 Å². The summed E-state index contributed by atoms with van der Waals surface area (Å²) in [4.78, 5) is 57.5. The number of esters is 1. The van der Waals surface area contributed by atoms with Crippen molar-refractivity contribution in [3.05, 3.63) is 32.6 Å². The molecular formula is C31H55N4O9P+2. The number of hydrogen-bond acceptors (Lipinski definition) is 7. The molecule has 0 amide bonds. The Bertz CT molecular complexity index is 1250. The Morgan fingerprint density at radius 3 is 2.09 bits per heavy atom. The van der Waals surface area contributed by atoms with Crippen molar-refractivity contribution in [2.75, 3.05) is 59.0 Å². The van der Waals surface area contributed by atoms with E-state index in [2.05, 4.69) is 16.4 Å². The maximum absolute atomic E-state index is 12.8. The number of ether oxygens (including phenoxy) is 2. The van der Waals surface area contributed by atoms with E-state index in [0.717, 1.165) is 17.4 Å². The summed E-state index contributed by atoms with van der Waals surface area (Å²) in [6, 6.07) is 0. The minimum absolute atomic E-state index is 0.0747. The number of phosphoric ester groups is 1. The number of aromatic amines is 1. The fourth-order valence-electron chi connectivity index (χ4n) is 7.26. The zero-order valence-electron chi connectivity index (χ0n) is 27.2. The number of rotatable bonds is 19. The molecule has 0 spiro atoms. The van der Waals surface area contributed by atoms with Crippen LogP contribution in [0.2, 0.25) is 0 Å². The van der Waals surface area contributed by atoms with E-state index in [1.807, 2.05) is 0 Å². The van der Waals surface area contributed by atoms with Crippen LogP contribution in [-0.4, -0.2) is 105 Å². The number of phosphoric acid groups is 1. The number of carbonyl (C=O) groups excluding carboxylic acids is 1. The van der Waals surface area contributed by atoms with Gasteiger partial charge >= 0.3 is 19.5 Å². The third kappa shape index (κ3) is 10.6. The predicted octanol–water partition coefficient (Wildman–Crippen LogP) is 3.13. The van der Waals surface area contributed by atoms with E-state index in [9.17, 15) is 18.9 Å². The highest BCUT2D eigenvalue weighted by atomic mass is 31.2. The highest BCUT2D eigenvalue weighted by Gasteiger charge is 2.48. The molecule has 5 rings (SSSR count). The molecule has 14 heteroatoms. The Morgan fingerprint density at radius 2 is 1.51 bits per heavy atom. The molecule has 5 heterocycles. The number of unbranched alkanes of at least 4 members (excludes halogenated alkanes) is 8. The van der Waals surface area contributed by atoms with Crippen molar-refractivity contribution in [1.82, 2.24) is 9.55 Å². The maximum Gasteiger partial charge on any atom is 0.469 e. The first-order valence-corrected chi connectivity index (χ1v) is 18.5. The van der Waals surface area contributed by atoms with Crippen LogP contribution in [-0.2, 0) is 23.4 Å². The molecule has 45 heavy (non-hydrogen) atoms. The zero-order valence-corrected chi connectivity index (χ0v) is 28.1. The lowest BCUT2D eigenvalue weighted by molar-refractivity contribution is -1.08. The van der Waals surface area contributed by atoms with E-state index >= 15 is 0 Å². The van der Waals surface area contributed by atoms with Crippen LogP contribution in [0.25, 0.3) is 0 Å². The number of aryl methyl sites for hydroxylation is 1. The molecule has 4 aliphatic rings. The first-order valence-electron chi connectivity index (χ1n) is 17.0.